The van der Waals surface area contributed by atoms with Gasteiger partial charge in [0.2, 0.25) is 0 Å². The van der Waals surface area contributed by atoms with Crippen LogP contribution in [0.3, 0.4) is 0 Å². The number of hydrogen-bond acceptors (Lipinski definition) is 3. The minimum Gasteiger partial charge on any atom is -0.326 e. The van der Waals surface area contributed by atoms with Gasteiger partial charge in [0.1, 0.15) is 5.69 Å². The molecule has 4 nitrogen and oxygen atoms in total. The van der Waals surface area contributed by atoms with E-state index in [0.29, 0.717) is 12.2 Å². The smallest absolute Gasteiger partial charge is 0.167 e. The number of pyridine rings is 1. The lowest BCUT2D eigenvalue weighted by Gasteiger charge is -2.00. The molecular weight excluding hydrogens is 183 g/mol. The first kappa shape index (κ1) is 8.83. The fourth-order valence-electron chi connectivity index (χ4n) is 1.15. The molecule has 2 aromatic heterocycles. The third kappa shape index (κ3) is 1.49. The number of aromatic nitrogens is 3. The van der Waals surface area contributed by atoms with Gasteiger partial charge in [-0.3, -0.25) is 4.98 Å². The molecule has 0 saturated carbocycles. The highest BCUT2D eigenvalue weighted by Gasteiger charge is 2.04. The van der Waals surface area contributed by atoms with E-state index in [2.05, 4.69) is 10.1 Å². The van der Waals surface area contributed by atoms with E-state index in [-0.39, 0.29) is 0 Å². The summed E-state index contributed by atoms with van der Waals surface area (Å²) in [7, 11) is 0. The standard InChI is InChI=1S/C9H9FN4/c10-8-5-12-2-1-9(8)14-6-7(3-11)4-13-14/h1-2,4-6H,3,11H2. The maximum Gasteiger partial charge on any atom is 0.167 e. The van der Waals surface area contributed by atoms with E-state index < -0.39 is 5.82 Å². The second-order valence-electron chi connectivity index (χ2n) is 2.82. The van der Waals surface area contributed by atoms with Crippen molar-refractivity contribution < 1.29 is 4.39 Å². The van der Waals surface area contributed by atoms with Crippen LogP contribution in [0.5, 0.6) is 0 Å². The second-order valence-corrected chi connectivity index (χ2v) is 2.82. The Morgan fingerprint density at radius 2 is 2.29 bits per heavy atom. The largest absolute Gasteiger partial charge is 0.326 e. The molecule has 0 amide bonds. The van der Waals surface area contributed by atoms with Gasteiger partial charge < -0.3 is 5.73 Å². The van der Waals surface area contributed by atoms with E-state index >= 15 is 0 Å². The number of halogens is 1. The molecule has 0 radical (unpaired) electrons. The minimum absolute atomic E-state index is 0.375. The lowest BCUT2D eigenvalue weighted by molar-refractivity contribution is 0.604. The van der Waals surface area contributed by atoms with Gasteiger partial charge in [-0.25, -0.2) is 9.07 Å². The highest BCUT2D eigenvalue weighted by molar-refractivity contribution is 5.30. The molecule has 0 atom stereocenters. The van der Waals surface area contributed by atoms with Crippen molar-refractivity contribution in [2.24, 2.45) is 5.73 Å². The monoisotopic (exact) mass is 192 g/mol. The Labute approximate surface area is 80.2 Å². The van der Waals surface area contributed by atoms with E-state index in [0.717, 1.165) is 11.8 Å². The molecule has 0 aliphatic rings. The van der Waals surface area contributed by atoms with Crippen LogP contribution < -0.4 is 5.73 Å². The zero-order valence-corrected chi connectivity index (χ0v) is 7.39. The van der Waals surface area contributed by atoms with Crippen LogP contribution in [0, 0.1) is 5.82 Å². The predicted molar refractivity (Wildman–Crippen MR) is 49.2 cm³/mol. The minimum atomic E-state index is -0.404. The van der Waals surface area contributed by atoms with Gasteiger partial charge in [0.05, 0.1) is 12.4 Å². The molecule has 0 aromatic carbocycles. The summed E-state index contributed by atoms with van der Waals surface area (Å²) in [6, 6.07) is 1.56. The molecule has 2 rings (SSSR count). The van der Waals surface area contributed by atoms with Gasteiger partial charge in [0.25, 0.3) is 0 Å². The molecule has 0 fully saturated rings. The van der Waals surface area contributed by atoms with Crippen LogP contribution in [0.25, 0.3) is 5.69 Å². The first-order valence-corrected chi connectivity index (χ1v) is 4.15. The second kappa shape index (κ2) is 3.55. The third-order valence-electron chi connectivity index (χ3n) is 1.87. The zero-order chi connectivity index (χ0) is 9.97. The van der Waals surface area contributed by atoms with Gasteiger partial charge in [-0.05, 0) is 6.07 Å². The zero-order valence-electron chi connectivity index (χ0n) is 7.39. The summed E-state index contributed by atoms with van der Waals surface area (Å²) in [5.41, 5.74) is 6.66. The first-order chi connectivity index (χ1) is 6.81. The fraction of sp³-hybridized carbons (Fsp3) is 0.111. The van der Waals surface area contributed by atoms with E-state index in [4.69, 9.17) is 5.73 Å². The van der Waals surface area contributed by atoms with Crippen molar-refractivity contribution in [2.45, 2.75) is 6.54 Å². The molecule has 0 bridgehead atoms. The third-order valence-corrected chi connectivity index (χ3v) is 1.87. The molecule has 2 N–H and O–H groups in total. The van der Waals surface area contributed by atoms with Crippen LogP contribution in [0.4, 0.5) is 4.39 Å². The van der Waals surface area contributed by atoms with Crippen LogP contribution in [-0.2, 0) is 6.54 Å². The Bertz CT molecular complexity index is 438. The predicted octanol–water partition coefficient (Wildman–Crippen LogP) is 0.865. The number of rotatable bonds is 2. The molecule has 2 heterocycles. The summed E-state index contributed by atoms with van der Waals surface area (Å²) in [4.78, 5) is 3.66. The molecule has 2 aromatic rings. The molecule has 0 spiro atoms. The van der Waals surface area contributed by atoms with Crippen LogP contribution in [-0.4, -0.2) is 14.8 Å². The highest BCUT2D eigenvalue weighted by atomic mass is 19.1. The quantitative estimate of drug-likeness (QED) is 0.767. The van der Waals surface area contributed by atoms with Crippen molar-refractivity contribution in [1.29, 1.82) is 0 Å². The molecular formula is C9H9FN4. The van der Waals surface area contributed by atoms with E-state index in [9.17, 15) is 4.39 Å². The molecule has 14 heavy (non-hydrogen) atoms. The Hall–Kier alpha value is -1.75. The Morgan fingerprint density at radius 3 is 2.93 bits per heavy atom. The average molecular weight is 192 g/mol. The van der Waals surface area contributed by atoms with Crippen LogP contribution in [0.1, 0.15) is 5.56 Å². The van der Waals surface area contributed by atoms with E-state index in [1.165, 1.54) is 10.9 Å². The fourth-order valence-corrected chi connectivity index (χ4v) is 1.15. The van der Waals surface area contributed by atoms with Gasteiger partial charge in [-0.2, -0.15) is 5.10 Å². The maximum atomic E-state index is 13.2. The Kier molecular flexibility index (Phi) is 2.24. The Balaban J connectivity index is 2.44. The summed E-state index contributed by atoms with van der Waals surface area (Å²) in [5.74, 6) is -0.404. The van der Waals surface area contributed by atoms with Crippen LogP contribution in [0.2, 0.25) is 0 Å². The highest BCUT2D eigenvalue weighted by Crippen LogP contribution is 2.10. The summed E-state index contributed by atoms with van der Waals surface area (Å²) < 4.78 is 14.7. The summed E-state index contributed by atoms with van der Waals surface area (Å²) in [5, 5.41) is 3.99. The lowest BCUT2D eigenvalue weighted by atomic mass is 10.3. The van der Waals surface area contributed by atoms with Crippen molar-refractivity contribution >= 4 is 0 Å². The van der Waals surface area contributed by atoms with Gasteiger partial charge in [0, 0.05) is 24.5 Å². The molecule has 72 valence electrons. The van der Waals surface area contributed by atoms with Crippen molar-refractivity contribution in [3.63, 3.8) is 0 Å². The number of nitrogens with zero attached hydrogens (tertiary/aromatic N) is 3. The van der Waals surface area contributed by atoms with Crippen LogP contribution in [0.15, 0.2) is 30.9 Å². The van der Waals surface area contributed by atoms with Gasteiger partial charge >= 0.3 is 0 Å². The molecule has 0 aliphatic heterocycles. The maximum absolute atomic E-state index is 13.2. The number of hydrogen-bond donors (Lipinski definition) is 1. The summed E-state index contributed by atoms with van der Waals surface area (Å²) in [6.45, 7) is 0.396. The van der Waals surface area contributed by atoms with E-state index in [1.54, 1.807) is 18.5 Å². The summed E-state index contributed by atoms with van der Waals surface area (Å²) in [6.07, 6.45) is 5.97. The molecule has 0 saturated heterocycles. The van der Waals surface area contributed by atoms with Crippen LogP contribution >= 0.6 is 0 Å². The van der Waals surface area contributed by atoms with Crippen molar-refractivity contribution in [1.82, 2.24) is 14.8 Å². The lowest BCUT2D eigenvalue weighted by Crippen LogP contribution is -1.98. The molecule has 0 aliphatic carbocycles. The number of nitrogens with two attached hydrogens (primary N) is 1. The van der Waals surface area contributed by atoms with E-state index in [1.807, 2.05) is 0 Å². The Morgan fingerprint density at radius 1 is 1.43 bits per heavy atom. The SMILES string of the molecule is NCc1cnn(-c2ccncc2F)c1. The topological polar surface area (TPSA) is 56.7 Å². The normalized spacial score (nSPS) is 10.4. The summed E-state index contributed by atoms with van der Waals surface area (Å²) >= 11 is 0. The van der Waals surface area contributed by atoms with Gasteiger partial charge in [-0.15, -0.1) is 0 Å². The average Bonchev–Trinajstić information content (AvgIpc) is 2.67. The van der Waals surface area contributed by atoms with Gasteiger partial charge in [0.15, 0.2) is 5.82 Å². The molecule has 0 unspecified atom stereocenters. The van der Waals surface area contributed by atoms with Crippen molar-refractivity contribution in [2.75, 3.05) is 0 Å². The van der Waals surface area contributed by atoms with Crippen molar-refractivity contribution in [3.8, 4) is 5.69 Å². The van der Waals surface area contributed by atoms with Crippen molar-refractivity contribution in [3.05, 3.63) is 42.2 Å². The molecule has 5 heteroatoms. The first-order valence-electron chi connectivity index (χ1n) is 4.15. The van der Waals surface area contributed by atoms with Gasteiger partial charge in [-0.1, -0.05) is 0 Å².